The fourth-order valence-electron chi connectivity index (χ4n) is 4.96. The first-order chi connectivity index (χ1) is 17.5. The quantitative estimate of drug-likeness (QED) is 0.353. The lowest BCUT2D eigenvalue weighted by Gasteiger charge is -2.29. The summed E-state index contributed by atoms with van der Waals surface area (Å²) in [5.41, 5.74) is 6.42. The van der Waals surface area contributed by atoms with Gasteiger partial charge in [-0.25, -0.2) is 0 Å². The summed E-state index contributed by atoms with van der Waals surface area (Å²) in [5.74, 6) is 1.45. The summed E-state index contributed by atoms with van der Waals surface area (Å²) in [7, 11) is 3.33. The van der Waals surface area contributed by atoms with Gasteiger partial charge in [0, 0.05) is 42.6 Å². The number of nitrogens with zero attached hydrogens (tertiary/aromatic N) is 4. The highest BCUT2D eigenvalue weighted by atomic mass is 32.1. The molecule has 4 aromatic rings. The molecule has 0 aliphatic carbocycles. The number of aryl methyl sites for hydroxylation is 1. The van der Waals surface area contributed by atoms with Crippen LogP contribution in [0.3, 0.4) is 0 Å². The van der Waals surface area contributed by atoms with Crippen LogP contribution in [0.4, 0.5) is 5.69 Å². The first-order valence-electron chi connectivity index (χ1n) is 11.8. The number of rotatable bonds is 7. The number of pyridine rings is 2. The van der Waals surface area contributed by atoms with E-state index in [0.717, 1.165) is 35.0 Å². The van der Waals surface area contributed by atoms with Gasteiger partial charge in [-0.2, -0.15) is 0 Å². The zero-order chi connectivity index (χ0) is 25.2. The van der Waals surface area contributed by atoms with E-state index in [2.05, 4.69) is 50.7 Å². The molecule has 36 heavy (non-hydrogen) atoms. The minimum Gasteiger partial charge on any atom is -0.497 e. The van der Waals surface area contributed by atoms with Gasteiger partial charge in [0.1, 0.15) is 11.5 Å². The molecule has 1 N–H and O–H groups in total. The van der Waals surface area contributed by atoms with Crippen LogP contribution in [0.25, 0.3) is 0 Å². The summed E-state index contributed by atoms with van der Waals surface area (Å²) >= 11 is 5.93. The van der Waals surface area contributed by atoms with Gasteiger partial charge in [0.25, 0.3) is 0 Å². The van der Waals surface area contributed by atoms with Gasteiger partial charge in [-0.05, 0) is 73.6 Å². The molecule has 184 valence electrons. The Hall–Kier alpha value is -3.91. The molecule has 2 atom stereocenters. The average Bonchev–Trinajstić information content (AvgIpc) is 3.40. The second kappa shape index (κ2) is 9.99. The Balaban J connectivity index is 1.66. The van der Waals surface area contributed by atoms with Crippen LogP contribution in [0, 0.1) is 13.8 Å². The highest BCUT2D eigenvalue weighted by Gasteiger charge is 2.43. The Bertz CT molecular complexity index is 1370. The van der Waals surface area contributed by atoms with E-state index in [1.165, 1.54) is 17.0 Å². The van der Waals surface area contributed by atoms with E-state index >= 15 is 0 Å². The van der Waals surface area contributed by atoms with Gasteiger partial charge in [0.05, 0.1) is 37.7 Å². The summed E-state index contributed by atoms with van der Waals surface area (Å²) in [6.07, 6.45) is 5.53. The topological polar surface area (TPSA) is 64.4 Å². The predicted octanol–water partition coefficient (Wildman–Crippen LogP) is 5.14. The van der Waals surface area contributed by atoms with Crippen molar-refractivity contribution >= 4 is 23.0 Å². The third-order valence-electron chi connectivity index (χ3n) is 6.74. The highest BCUT2D eigenvalue weighted by Crippen LogP contribution is 2.46. The number of methoxy groups -OCH3 is 2. The summed E-state index contributed by atoms with van der Waals surface area (Å²) in [5, 5.41) is 4.15. The molecule has 1 aromatic carbocycles. The third-order valence-corrected chi connectivity index (χ3v) is 7.05. The highest BCUT2D eigenvalue weighted by molar-refractivity contribution is 7.80. The zero-order valence-electron chi connectivity index (χ0n) is 20.8. The van der Waals surface area contributed by atoms with Gasteiger partial charge in [-0.1, -0.05) is 12.1 Å². The number of hydrogen-bond acceptors (Lipinski definition) is 5. The van der Waals surface area contributed by atoms with E-state index < -0.39 is 0 Å². The maximum absolute atomic E-state index is 5.93. The fourth-order valence-corrected chi connectivity index (χ4v) is 5.30. The van der Waals surface area contributed by atoms with Gasteiger partial charge in [-0.15, -0.1) is 0 Å². The fraction of sp³-hybridized carbons (Fsp3) is 0.250. The largest absolute Gasteiger partial charge is 0.497 e. The SMILES string of the molecule is COc1ccc(OC)c(N2C(=S)NC(c3ccccn3)C2c2cc(C)n(Cc3cccnc3)c2C)c1. The van der Waals surface area contributed by atoms with Crippen LogP contribution in [0.2, 0.25) is 0 Å². The number of hydrogen-bond donors (Lipinski definition) is 1. The van der Waals surface area contributed by atoms with Gasteiger partial charge in [-0.3, -0.25) is 9.97 Å². The Morgan fingerprint density at radius 1 is 1.00 bits per heavy atom. The molecule has 0 saturated carbocycles. The molecule has 1 fully saturated rings. The zero-order valence-corrected chi connectivity index (χ0v) is 21.6. The summed E-state index contributed by atoms with van der Waals surface area (Å²) < 4.78 is 13.6. The van der Waals surface area contributed by atoms with E-state index in [1.54, 1.807) is 20.4 Å². The lowest BCUT2D eigenvalue weighted by molar-refractivity contribution is 0.403. The maximum Gasteiger partial charge on any atom is 0.174 e. The molecular weight excluding hydrogens is 470 g/mol. The smallest absolute Gasteiger partial charge is 0.174 e. The van der Waals surface area contributed by atoms with Crippen LogP contribution < -0.4 is 19.7 Å². The summed E-state index contributed by atoms with van der Waals surface area (Å²) in [6, 6.07) is 17.8. The van der Waals surface area contributed by atoms with Crippen molar-refractivity contribution in [2.24, 2.45) is 0 Å². The van der Waals surface area contributed by atoms with Crippen LogP contribution >= 0.6 is 12.2 Å². The number of anilines is 1. The van der Waals surface area contributed by atoms with Crippen LogP contribution in [0.15, 0.2) is 73.2 Å². The molecule has 1 aliphatic rings. The standard InChI is InChI=1S/C28H29N5O2S/c1-18-14-22(19(2)32(18)17-20-8-7-12-29-16-20)27-26(23-9-5-6-13-30-23)31-28(36)33(27)24-15-21(34-3)10-11-25(24)35-4/h5-16,26-27H,17H2,1-4H3,(H,31,36). The van der Waals surface area contributed by atoms with Crippen molar-refractivity contribution in [3.05, 3.63) is 101 Å². The van der Waals surface area contributed by atoms with Gasteiger partial charge >= 0.3 is 0 Å². The second-order valence-corrected chi connectivity index (χ2v) is 9.19. The number of nitrogens with one attached hydrogen (secondary N) is 1. The number of benzene rings is 1. The van der Waals surface area contributed by atoms with E-state index in [1.807, 2.05) is 54.9 Å². The molecule has 3 aromatic heterocycles. The van der Waals surface area contributed by atoms with Crippen molar-refractivity contribution in [3.63, 3.8) is 0 Å². The first-order valence-corrected chi connectivity index (χ1v) is 12.2. The van der Waals surface area contributed by atoms with Crippen LogP contribution in [0.5, 0.6) is 11.5 Å². The Morgan fingerprint density at radius 2 is 1.86 bits per heavy atom. The number of thiocarbonyl (C=S) groups is 1. The molecule has 0 spiro atoms. The van der Waals surface area contributed by atoms with E-state index in [9.17, 15) is 0 Å². The third kappa shape index (κ3) is 4.28. The summed E-state index contributed by atoms with van der Waals surface area (Å²) in [6.45, 7) is 5.04. The molecule has 0 radical (unpaired) electrons. The Labute approximate surface area is 216 Å². The molecular formula is C28H29N5O2S. The van der Waals surface area contributed by atoms with E-state index in [0.29, 0.717) is 5.11 Å². The normalized spacial score (nSPS) is 17.2. The van der Waals surface area contributed by atoms with Gasteiger partial charge in [0.15, 0.2) is 5.11 Å². The molecule has 5 rings (SSSR count). The minimum atomic E-state index is -0.151. The van der Waals surface area contributed by atoms with Crippen molar-refractivity contribution in [2.75, 3.05) is 19.1 Å². The number of aromatic nitrogens is 3. The lowest BCUT2D eigenvalue weighted by atomic mass is 9.96. The molecule has 0 amide bonds. The molecule has 2 unspecified atom stereocenters. The van der Waals surface area contributed by atoms with Gasteiger partial charge in [0.2, 0.25) is 0 Å². The Kier molecular flexibility index (Phi) is 6.61. The van der Waals surface area contributed by atoms with Crippen LogP contribution in [-0.2, 0) is 6.54 Å². The maximum atomic E-state index is 5.93. The van der Waals surface area contributed by atoms with Crippen molar-refractivity contribution in [1.82, 2.24) is 19.9 Å². The number of ether oxygens (including phenoxy) is 2. The van der Waals surface area contributed by atoms with Crippen molar-refractivity contribution in [2.45, 2.75) is 32.5 Å². The first kappa shape index (κ1) is 23.8. The molecule has 4 heterocycles. The van der Waals surface area contributed by atoms with E-state index in [4.69, 9.17) is 21.7 Å². The predicted molar refractivity (Wildman–Crippen MR) is 145 cm³/mol. The monoisotopic (exact) mass is 499 g/mol. The molecule has 8 heteroatoms. The van der Waals surface area contributed by atoms with Gasteiger partial charge < -0.3 is 24.3 Å². The van der Waals surface area contributed by atoms with Crippen molar-refractivity contribution in [3.8, 4) is 11.5 Å². The van der Waals surface area contributed by atoms with Crippen molar-refractivity contribution in [1.29, 1.82) is 0 Å². The molecule has 1 aliphatic heterocycles. The minimum absolute atomic E-state index is 0.151. The van der Waals surface area contributed by atoms with Crippen LogP contribution in [-0.4, -0.2) is 33.9 Å². The summed E-state index contributed by atoms with van der Waals surface area (Å²) in [4.78, 5) is 11.1. The Morgan fingerprint density at radius 3 is 2.56 bits per heavy atom. The van der Waals surface area contributed by atoms with Crippen molar-refractivity contribution < 1.29 is 9.47 Å². The molecule has 1 saturated heterocycles. The average molecular weight is 500 g/mol. The van der Waals surface area contributed by atoms with Crippen LogP contribution in [0.1, 0.15) is 40.3 Å². The second-order valence-electron chi connectivity index (χ2n) is 8.81. The lowest BCUT2D eigenvalue weighted by Crippen LogP contribution is -2.30. The molecule has 0 bridgehead atoms. The van der Waals surface area contributed by atoms with E-state index in [-0.39, 0.29) is 12.1 Å². The molecule has 7 nitrogen and oxygen atoms in total.